The lowest BCUT2D eigenvalue weighted by Gasteiger charge is -2.17. The zero-order valence-electron chi connectivity index (χ0n) is 15.9. The Kier molecular flexibility index (Phi) is 4.14. The molecule has 0 saturated carbocycles. The van der Waals surface area contributed by atoms with Gasteiger partial charge in [0.1, 0.15) is 17.7 Å². The highest BCUT2D eigenvalue weighted by Crippen LogP contribution is 2.56. The van der Waals surface area contributed by atoms with E-state index in [1.165, 1.54) is 5.56 Å². The van der Waals surface area contributed by atoms with Crippen LogP contribution in [-0.4, -0.2) is 30.9 Å². The van der Waals surface area contributed by atoms with Crippen molar-refractivity contribution in [2.75, 3.05) is 14.2 Å². The van der Waals surface area contributed by atoms with E-state index < -0.39 is 0 Å². The van der Waals surface area contributed by atoms with Crippen LogP contribution in [0.5, 0.6) is 11.5 Å². The maximum absolute atomic E-state index is 5.62. The minimum absolute atomic E-state index is 0.0385. The van der Waals surface area contributed by atoms with Crippen molar-refractivity contribution < 1.29 is 9.47 Å². The van der Waals surface area contributed by atoms with E-state index in [9.17, 15) is 0 Å². The predicted octanol–water partition coefficient (Wildman–Crippen LogP) is 4.63. The van der Waals surface area contributed by atoms with Crippen molar-refractivity contribution in [3.8, 4) is 11.5 Å². The summed E-state index contributed by atoms with van der Waals surface area (Å²) in [6.07, 6.45) is -0.0385. The van der Waals surface area contributed by atoms with Crippen molar-refractivity contribution >= 4 is 5.71 Å². The van der Waals surface area contributed by atoms with Gasteiger partial charge in [-0.25, -0.2) is 0 Å². The molecule has 1 unspecified atom stereocenters. The van der Waals surface area contributed by atoms with Gasteiger partial charge in [-0.05, 0) is 41.5 Å². The van der Waals surface area contributed by atoms with Crippen LogP contribution in [0.4, 0.5) is 0 Å². The van der Waals surface area contributed by atoms with Crippen molar-refractivity contribution in [1.29, 1.82) is 0 Å². The van der Waals surface area contributed by atoms with E-state index in [1.54, 1.807) is 14.2 Å². The average Bonchev–Trinajstić information content (AvgIpc) is 3.38. The smallest absolute Gasteiger partial charge is 0.133 e. The van der Waals surface area contributed by atoms with Gasteiger partial charge in [0.05, 0.1) is 32.0 Å². The van der Waals surface area contributed by atoms with Crippen LogP contribution in [0.2, 0.25) is 0 Å². The number of methoxy groups -OCH3 is 2. The lowest BCUT2D eigenvalue weighted by Crippen LogP contribution is -2.09. The fraction of sp³-hybridized carbons (Fsp3) is 0.208. The Morgan fingerprint density at radius 2 is 1.46 bits per heavy atom. The quantitative estimate of drug-likeness (QED) is 0.614. The monoisotopic (exact) mass is 370 g/mol. The first kappa shape index (κ1) is 17.0. The third kappa shape index (κ3) is 2.69. The number of ether oxygens (including phenoxy) is 2. The largest absolute Gasteiger partial charge is 0.497 e. The Morgan fingerprint density at radius 1 is 0.750 bits per heavy atom. The van der Waals surface area contributed by atoms with E-state index in [0.717, 1.165) is 28.3 Å². The van der Waals surface area contributed by atoms with Gasteiger partial charge in [0.2, 0.25) is 0 Å². The van der Waals surface area contributed by atoms with Crippen molar-refractivity contribution in [1.82, 2.24) is 4.90 Å². The van der Waals surface area contributed by atoms with Crippen molar-refractivity contribution in [3.05, 3.63) is 95.6 Å². The zero-order chi connectivity index (χ0) is 19.1. The molecule has 28 heavy (non-hydrogen) atoms. The van der Waals surface area contributed by atoms with Gasteiger partial charge in [-0.3, -0.25) is 9.89 Å². The normalized spacial score (nSPS) is 25.0. The van der Waals surface area contributed by atoms with E-state index in [-0.39, 0.29) is 12.2 Å². The van der Waals surface area contributed by atoms with Crippen LogP contribution in [0, 0.1) is 0 Å². The fourth-order valence-corrected chi connectivity index (χ4v) is 4.24. The van der Waals surface area contributed by atoms with E-state index in [4.69, 9.17) is 14.5 Å². The number of hydrogen-bond donors (Lipinski definition) is 0. The summed E-state index contributed by atoms with van der Waals surface area (Å²) >= 11 is 0. The number of aliphatic imine (C=N–C) groups is 1. The first-order valence-corrected chi connectivity index (χ1v) is 9.49. The van der Waals surface area contributed by atoms with Crippen LogP contribution >= 0.6 is 0 Å². The molecule has 0 N–H and O–H groups in total. The van der Waals surface area contributed by atoms with Crippen LogP contribution < -0.4 is 9.47 Å². The molecule has 0 spiro atoms. The average molecular weight is 370 g/mol. The SMILES string of the molecule is COc1ccc(C2=N[C@H](c3ccccc3OC)N3[C@@H]2[C@@H]3c2ccccc2)cc1. The highest BCUT2D eigenvalue weighted by molar-refractivity contribution is 6.08. The van der Waals surface area contributed by atoms with Gasteiger partial charge in [0.25, 0.3) is 0 Å². The molecule has 1 fully saturated rings. The van der Waals surface area contributed by atoms with Gasteiger partial charge in [-0.2, -0.15) is 0 Å². The molecule has 5 rings (SSSR count). The van der Waals surface area contributed by atoms with Crippen LogP contribution in [0.25, 0.3) is 0 Å². The van der Waals surface area contributed by atoms with Crippen LogP contribution in [-0.2, 0) is 0 Å². The lowest BCUT2D eigenvalue weighted by atomic mass is 10.0. The van der Waals surface area contributed by atoms with E-state index in [2.05, 4.69) is 59.5 Å². The molecule has 0 aromatic heterocycles. The van der Waals surface area contributed by atoms with Crippen molar-refractivity contribution in [2.24, 2.45) is 4.99 Å². The van der Waals surface area contributed by atoms with E-state index in [0.29, 0.717) is 6.04 Å². The Hall–Kier alpha value is -3.11. The molecule has 1 saturated heterocycles. The molecule has 4 nitrogen and oxygen atoms in total. The van der Waals surface area contributed by atoms with Gasteiger partial charge >= 0.3 is 0 Å². The second-order valence-electron chi connectivity index (χ2n) is 7.11. The number of fused-ring (bicyclic) bond motifs is 1. The van der Waals surface area contributed by atoms with Crippen molar-refractivity contribution in [2.45, 2.75) is 18.2 Å². The summed E-state index contributed by atoms with van der Waals surface area (Å²) in [7, 11) is 3.41. The molecule has 140 valence electrons. The molecule has 3 aromatic rings. The molecule has 0 bridgehead atoms. The number of benzene rings is 3. The fourth-order valence-electron chi connectivity index (χ4n) is 4.24. The summed E-state index contributed by atoms with van der Waals surface area (Å²) in [6, 6.07) is 27.7. The minimum Gasteiger partial charge on any atom is -0.497 e. The molecule has 3 aromatic carbocycles. The number of hydrogen-bond acceptors (Lipinski definition) is 4. The van der Waals surface area contributed by atoms with Gasteiger partial charge in [-0.1, -0.05) is 48.5 Å². The topological polar surface area (TPSA) is 33.8 Å². The number of rotatable bonds is 5. The Balaban J connectivity index is 1.57. The maximum Gasteiger partial charge on any atom is 0.133 e. The molecule has 0 amide bonds. The third-order valence-electron chi connectivity index (χ3n) is 5.62. The van der Waals surface area contributed by atoms with Crippen LogP contribution in [0.3, 0.4) is 0 Å². The second-order valence-corrected chi connectivity index (χ2v) is 7.11. The molecule has 2 aliphatic heterocycles. The van der Waals surface area contributed by atoms with Crippen LogP contribution in [0.15, 0.2) is 83.9 Å². The lowest BCUT2D eigenvalue weighted by molar-refractivity contribution is 0.366. The first-order chi connectivity index (χ1) is 13.8. The standard InChI is InChI=1S/C24H22N2O2/c1-27-18-14-12-16(13-15-18)21-23-22(17-8-4-3-5-9-17)26(23)24(25-21)19-10-6-7-11-20(19)28-2/h3-15,22-24H,1-2H3/t22-,23-,24-,26?/m0/s1. The van der Waals surface area contributed by atoms with Gasteiger partial charge < -0.3 is 9.47 Å². The number of nitrogens with zero attached hydrogens (tertiary/aromatic N) is 2. The van der Waals surface area contributed by atoms with Gasteiger partial charge in [0, 0.05) is 5.56 Å². The van der Waals surface area contributed by atoms with E-state index >= 15 is 0 Å². The molecule has 4 heteroatoms. The zero-order valence-corrected chi connectivity index (χ0v) is 15.9. The molecule has 0 radical (unpaired) electrons. The summed E-state index contributed by atoms with van der Waals surface area (Å²) in [5.74, 6) is 1.74. The summed E-state index contributed by atoms with van der Waals surface area (Å²) < 4.78 is 10.9. The minimum atomic E-state index is -0.0385. The first-order valence-electron chi connectivity index (χ1n) is 9.49. The van der Waals surface area contributed by atoms with Gasteiger partial charge in [-0.15, -0.1) is 0 Å². The summed E-state index contributed by atoms with van der Waals surface area (Å²) in [4.78, 5) is 7.59. The number of para-hydroxylation sites is 1. The van der Waals surface area contributed by atoms with Gasteiger partial charge in [0.15, 0.2) is 0 Å². The highest BCUT2D eigenvalue weighted by atomic mass is 16.5. The van der Waals surface area contributed by atoms with E-state index in [1.807, 2.05) is 24.3 Å². The molecular weight excluding hydrogens is 348 g/mol. The van der Waals surface area contributed by atoms with Crippen LogP contribution in [0.1, 0.15) is 28.9 Å². The Bertz CT molecular complexity index is 1010. The summed E-state index contributed by atoms with van der Waals surface area (Å²) in [6.45, 7) is 0. The Morgan fingerprint density at radius 3 is 2.18 bits per heavy atom. The predicted molar refractivity (Wildman–Crippen MR) is 110 cm³/mol. The van der Waals surface area contributed by atoms with Crippen molar-refractivity contribution in [3.63, 3.8) is 0 Å². The molecule has 2 heterocycles. The Labute approximate surface area is 165 Å². The summed E-state index contributed by atoms with van der Waals surface area (Å²) in [5, 5.41) is 0. The third-order valence-corrected chi connectivity index (χ3v) is 5.62. The highest BCUT2D eigenvalue weighted by Gasteiger charge is 2.59. The molecule has 4 atom stereocenters. The molecule has 0 aliphatic carbocycles. The maximum atomic E-state index is 5.62. The molecule has 2 aliphatic rings. The molecular formula is C24H22N2O2. The summed E-state index contributed by atoms with van der Waals surface area (Å²) in [5.41, 5.74) is 4.71. The second kappa shape index (κ2) is 6.80.